The molecular formula is C13H21O3PS. The van der Waals surface area contributed by atoms with Crippen LogP contribution in [-0.4, -0.2) is 20.0 Å². The van der Waals surface area contributed by atoms with Gasteiger partial charge in [-0.05, 0) is 17.7 Å². The zero-order valence-electron chi connectivity index (χ0n) is 11.2. The van der Waals surface area contributed by atoms with Gasteiger partial charge in [0.25, 0.3) is 0 Å². The number of thioether (sulfide) groups is 1. The van der Waals surface area contributed by atoms with E-state index in [2.05, 4.69) is 6.92 Å². The Morgan fingerprint density at radius 1 is 1.22 bits per heavy atom. The van der Waals surface area contributed by atoms with Crippen molar-refractivity contribution in [2.75, 3.05) is 20.0 Å². The van der Waals surface area contributed by atoms with Gasteiger partial charge in [-0.2, -0.15) is 0 Å². The second kappa shape index (κ2) is 8.00. The molecule has 0 aliphatic heterocycles. The molecule has 1 rings (SSSR count). The Labute approximate surface area is 114 Å². The van der Waals surface area contributed by atoms with Gasteiger partial charge in [-0.15, -0.1) is 11.8 Å². The molecule has 0 amide bonds. The average Bonchev–Trinajstić information content (AvgIpc) is 2.44. The molecular weight excluding hydrogens is 267 g/mol. The maximum absolute atomic E-state index is 12.6. The SMILES string of the molecule is CCCCSC(c1ccccc1)P(=O)(OC)OC. The van der Waals surface area contributed by atoms with Crippen LogP contribution in [0.4, 0.5) is 0 Å². The van der Waals surface area contributed by atoms with E-state index in [1.165, 1.54) is 14.2 Å². The average molecular weight is 288 g/mol. The molecule has 1 atom stereocenters. The van der Waals surface area contributed by atoms with Crippen LogP contribution in [0.5, 0.6) is 0 Å². The number of unbranched alkanes of at least 4 members (excludes halogenated alkanes) is 1. The van der Waals surface area contributed by atoms with Gasteiger partial charge in [-0.25, -0.2) is 0 Å². The normalized spacial score (nSPS) is 13.5. The Hall–Kier alpha value is -0.280. The highest BCUT2D eigenvalue weighted by molar-refractivity contribution is 8.04. The molecule has 1 aromatic rings. The minimum atomic E-state index is -3.09. The lowest BCUT2D eigenvalue weighted by atomic mass is 10.2. The van der Waals surface area contributed by atoms with Crippen LogP contribution in [0.3, 0.4) is 0 Å². The highest BCUT2D eigenvalue weighted by Gasteiger charge is 2.35. The largest absolute Gasteiger partial charge is 0.347 e. The molecule has 0 fully saturated rings. The zero-order valence-corrected chi connectivity index (χ0v) is 12.9. The molecule has 1 unspecified atom stereocenters. The third kappa shape index (κ3) is 4.13. The smallest absolute Gasteiger partial charge is 0.311 e. The highest BCUT2D eigenvalue weighted by Crippen LogP contribution is 2.64. The highest BCUT2D eigenvalue weighted by atomic mass is 32.2. The van der Waals surface area contributed by atoms with Gasteiger partial charge in [0.15, 0.2) is 0 Å². The van der Waals surface area contributed by atoms with Crippen molar-refractivity contribution in [3.05, 3.63) is 35.9 Å². The van der Waals surface area contributed by atoms with Crippen LogP contribution in [0.15, 0.2) is 30.3 Å². The summed E-state index contributed by atoms with van der Waals surface area (Å²) < 4.78 is 22.9. The van der Waals surface area contributed by atoms with Crippen LogP contribution >= 0.6 is 19.4 Å². The first kappa shape index (κ1) is 15.8. The molecule has 0 N–H and O–H groups in total. The molecule has 5 heteroatoms. The molecule has 0 radical (unpaired) electrons. The van der Waals surface area contributed by atoms with Gasteiger partial charge in [0.2, 0.25) is 0 Å². The van der Waals surface area contributed by atoms with Crippen molar-refractivity contribution in [3.63, 3.8) is 0 Å². The van der Waals surface area contributed by atoms with Gasteiger partial charge in [0, 0.05) is 14.2 Å². The molecule has 0 saturated carbocycles. The summed E-state index contributed by atoms with van der Waals surface area (Å²) in [6.07, 6.45) is 2.22. The molecule has 0 heterocycles. The number of benzene rings is 1. The fourth-order valence-corrected chi connectivity index (χ4v) is 5.25. The fourth-order valence-electron chi connectivity index (χ4n) is 1.59. The molecule has 0 aliphatic carbocycles. The van der Waals surface area contributed by atoms with Crippen molar-refractivity contribution >= 4 is 19.4 Å². The summed E-state index contributed by atoms with van der Waals surface area (Å²) >= 11 is 1.64. The lowest BCUT2D eigenvalue weighted by Gasteiger charge is -2.24. The summed E-state index contributed by atoms with van der Waals surface area (Å²) in [5.41, 5.74) is 0.991. The molecule has 1 aromatic carbocycles. The molecule has 0 bridgehead atoms. The Morgan fingerprint density at radius 3 is 2.33 bits per heavy atom. The number of hydrogen-bond donors (Lipinski definition) is 0. The first-order valence-corrected chi connectivity index (χ1v) is 8.71. The Kier molecular flexibility index (Phi) is 7.02. The Morgan fingerprint density at radius 2 is 1.83 bits per heavy atom. The van der Waals surface area contributed by atoms with Crippen molar-refractivity contribution in [1.29, 1.82) is 0 Å². The summed E-state index contributed by atoms with van der Waals surface area (Å²) in [7, 11) is -0.200. The standard InChI is InChI=1S/C13H21O3PS/c1-4-5-11-18-13(17(14,15-2)16-3)12-9-7-6-8-10-12/h6-10,13H,4-5,11H2,1-3H3. The molecule has 3 nitrogen and oxygen atoms in total. The maximum Gasteiger partial charge on any atom is 0.347 e. The van der Waals surface area contributed by atoms with E-state index in [-0.39, 0.29) is 4.99 Å². The van der Waals surface area contributed by atoms with E-state index in [0.717, 1.165) is 24.2 Å². The molecule has 0 spiro atoms. The summed E-state index contributed by atoms with van der Waals surface area (Å²) in [6, 6.07) is 9.77. The van der Waals surface area contributed by atoms with E-state index < -0.39 is 7.60 Å². The van der Waals surface area contributed by atoms with E-state index in [9.17, 15) is 4.57 Å². The Bertz CT molecular complexity index is 375. The lowest BCUT2D eigenvalue weighted by Crippen LogP contribution is -2.01. The summed E-state index contributed by atoms with van der Waals surface area (Å²) in [5.74, 6) is 0.951. The summed E-state index contributed by atoms with van der Waals surface area (Å²) in [5, 5.41) is 0. The van der Waals surface area contributed by atoms with E-state index in [0.29, 0.717) is 0 Å². The van der Waals surface area contributed by atoms with Crippen LogP contribution in [0.1, 0.15) is 30.3 Å². The van der Waals surface area contributed by atoms with Gasteiger partial charge >= 0.3 is 7.60 Å². The van der Waals surface area contributed by atoms with Crippen molar-refractivity contribution < 1.29 is 13.6 Å². The predicted molar refractivity (Wildman–Crippen MR) is 78.2 cm³/mol. The number of rotatable bonds is 8. The van der Waals surface area contributed by atoms with Gasteiger partial charge in [0.1, 0.15) is 4.99 Å². The number of hydrogen-bond acceptors (Lipinski definition) is 4. The van der Waals surface area contributed by atoms with Crippen LogP contribution in [0.25, 0.3) is 0 Å². The molecule has 18 heavy (non-hydrogen) atoms. The molecule has 0 aliphatic rings. The van der Waals surface area contributed by atoms with Gasteiger partial charge < -0.3 is 9.05 Å². The molecule has 0 saturated heterocycles. The van der Waals surface area contributed by atoms with Crippen LogP contribution in [-0.2, 0) is 13.6 Å². The Balaban J connectivity index is 2.91. The predicted octanol–water partition coefficient (Wildman–Crippen LogP) is 4.70. The van der Waals surface area contributed by atoms with Gasteiger partial charge in [-0.1, -0.05) is 43.7 Å². The van der Waals surface area contributed by atoms with Crippen LogP contribution in [0.2, 0.25) is 0 Å². The first-order chi connectivity index (χ1) is 8.68. The lowest BCUT2D eigenvalue weighted by molar-refractivity contribution is 0.274. The van der Waals surface area contributed by atoms with E-state index >= 15 is 0 Å². The summed E-state index contributed by atoms with van der Waals surface area (Å²) in [6.45, 7) is 2.14. The van der Waals surface area contributed by atoms with Crippen molar-refractivity contribution in [1.82, 2.24) is 0 Å². The molecule has 0 aromatic heterocycles. The monoisotopic (exact) mass is 288 g/mol. The first-order valence-electron chi connectivity index (χ1n) is 6.05. The van der Waals surface area contributed by atoms with Crippen molar-refractivity contribution in [2.45, 2.75) is 24.8 Å². The quantitative estimate of drug-likeness (QED) is 0.513. The van der Waals surface area contributed by atoms with Crippen molar-refractivity contribution in [3.8, 4) is 0 Å². The third-order valence-corrected chi connectivity index (χ3v) is 6.88. The van der Waals surface area contributed by atoms with Gasteiger partial charge in [-0.3, -0.25) is 4.57 Å². The molecule has 102 valence electrons. The van der Waals surface area contributed by atoms with Crippen molar-refractivity contribution in [2.24, 2.45) is 0 Å². The topological polar surface area (TPSA) is 35.5 Å². The van der Waals surface area contributed by atoms with E-state index in [4.69, 9.17) is 9.05 Å². The van der Waals surface area contributed by atoms with Crippen LogP contribution in [0, 0.1) is 0 Å². The fraction of sp³-hybridized carbons (Fsp3) is 0.538. The van der Waals surface area contributed by atoms with Crippen LogP contribution < -0.4 is 0 Å². The van der Waals surface area contributed by atoms with E-state index in [1.807, 2.05) is 30.3 Å². The zero-order chi connectivity index (χ0) is 13.4. The third-order valence-electron chi connectivity index (χ3n) is 2.65. The second-order valence-electron chi connectivity index (χ2n) is 3.89. The van der Waals surface area contributed by atoms with E-state index in [1.54, 1.807) is 11.8 Å². The van der Waals surface area contributed by atoms with Gasteiger partial charge in [0.05, 0.1) is 0 Å². The minimum Gasteiger partial charge on any atom is -0.311 e. The summed E-state index contributed by atoms with van der Waals surface area (Å²) in [4.78, 5) is -0.250. The minimum absolute atomic E-state index is 0.250. The maximum atomic E-state index is 12.6. The second-order valence-corrected chi connectivity index (χ2v) is 7.78.